The molecule has 1 heterocycles. The van der Waals surface area contributed by atoms with Crippen LogP contribution in [0.5, 0.6) is 0 Å². The van der Waals surface area contributed by atoms with Gasteiger partial charge in [0.25, 0.3) is 0 Å². The highest BCUT2D eigenvalue weighted by molar-refractivity contribution is 6.30. The van der Waals surface area contributed by atoms with Crippen molar-refractivity contribution in [2.24, 2.45) is 5.92 Å². The number of likely N-dealkylation sites (tertiary alicyclic amines) is 1. The van der Waals surface area contributed by atoms with Gasteiger partial charge in [0.15, 0.2) is 0 Å². The first-order valence-corrected chi connectivity index (χ1v) is 8.83. The lowest BCUT2D eigenvalue weighted by atomic mass is 9.75. The van der Waals surface area contributed by atoms with Gasteiger partial charge in [-0.15, -0.1) is 0 Å². The number of hydrogen-bond acceptors (Lipinski definition) is 2. The molecule has 3 heteroatoms. The first kappa shape index (κ1) is 15.3. The quantitative estimate of drug-likeness (QED) is 0.887. The Morgan fingerprint density at radius 2 is 2.00 bits per heavy atom. The second-order valence-electron chi connectivity index (χ2n) is 6.71. The normalized spacial score (nSPS) is 27.5. The van der Waals surface area contributed by atoms with Crippen LogP contribution in [0, 0.1) is 5.92 Å². The van der Waals surface area contributed by atoms with Crippen LogP contribution in [0.2, 0.25) is 5.02 Å². The molecule has 0 amide bonds. The van der Waals surface area contributed by atoms with E-state index in [9.17, 15) is 0 Å². The van der Waals surface area contributed by atoms with E-state index in [1.807, 2.05) is 6.07 Å². The maximum absolute atomic E-state index is 6.07. The lowest BCUT2D eigenvalue weighted by Crippen LogP contribution is -2.44. The van der Waals surface area contributed by atoms with Crippen LogP contribution in [0.15, 0.2) is 24.3 Å². The Morgan fingerprint density at radius 1 is 1.24 bits per heavy atom. The van der Waals surface area contributed by atoms with Crippen molar-refractivity contribution in [2.75, 3.05) is 26.2 Å². The summed E-state index contributed by atoms with van der Waals surface area (Å²) in [5, 5.41) is 4.65. The monoisotopic (exact) mass is 306 g/mol. The third-order valence-corrected chi connectivity index (χ3v) is 5.54. The standard InChI is InChI=1S/C18H27ClN2/c1-2-21-8-6-14(7-9-21)13-20-18-11-16(12-18)15-4-3-5-17(19)10-15/h3-5,10,14,16,18,20H,2,6-9,11-13H2,1H3. The van der Waals surface area contributed by atoms with Crippen LogP contribution in [-0.2, 0) is 0 Å². The van der Waals surface area contributed by atoms with Gasteiger partial charge < -0.3 is 10.2 Å². The minimum absolute atomic E-state index is 0.711. The van der Waals surface area contributed by atoms with Crippen molar-refractivity contribution in [3.8, 4) is 0 Å². The van der Waals surface area contributed by atoms with Crippen LogP contribution in [0.4, 0.5) is 0 Å². The number of halogens is 1. The molecule has 0 bridgehead atoms. The Bertz CT molecular complexity index is 448. The molecule has 0 spiro atoms. The van der Waals surface area contributed by atoms with Crippen LogP contribution in [0.25, 0.3) is 0 Å². The number of hydrogen-bond donors (Lipinski definition) is 1. The summed E-state index contributed by atoms with van der Waals surface area (Å²) in [6.45, 7) is 7.27. The van der Waals surface area contributed by atoms with Crippen molar-refractivity contribution in [3.05, 3.63) is 34.9 Å². The van der Waals surface area contributed by atoms with Crippen LogP contribution < -0.4 is 5.32 Å². The summed E-state index contributed by atoms with van der Waals surface area (Å²) in [6, 6.07) is 9.09. The van der Waals surface area contributed by atoms with E-state index in [-0.39, 0.29) is 0 Å². The predicted molar refractivity (Wildman–Crippen MR) is 90.1 cm³/mol. The molecule has 0 atom stereocenters. The van der Waals surface area contributed by atoms with Crippen molar-refractivity contribution in [2.45, 2.75) is 44.6 Å². The van der Waals surface area contributed by atoms with E-state index in [1.54, 1.807) is 0 Å². The fraction of sp³-hybridized carbons (Fsp3) is 0.667. The lowest BCUT2D eigenvalue weighted by molar-refractivity contribution is 0.179. The second-order valence-corrected chi connectivity index (χ2v) is 7.14. The van der Waals surface area contributed by atoms with Gasteiger partial charge in [-0.05, 0) is 81.4 Å². The maximum atomic E-state index is 6.07. The van der Waals surface area contributed by atoms with Gasteiger partial charge in [-0.2, -0.15) is 0 Å². The molecule has 21 heavy (non-hydrogen) atoms. The largest absolute Gasteiger partial charge is 0.314 e. The van der Waals surface area contributed by atoms with Gasteiger partial charge in [0, 0.05) is 11.1 Å². The van der Waals surface area contributed by atoms with Gasteiger partial charge in [-0.3, -0.25) is 0 Å². The highest BCUT2D eigenvalue weighted by atomic mass is 35.5. The summed E-state index contributed by atoms with van der Waals surface area (Å²) in [6.07, 6.45) is 5.28. The molecular formula is C18H27ClN2. The van der Waals surface area contributed by atoms with Gasteiger partial charge in [0.2, 0.25) is 0 Å². The van der Waals surface area contributed by atoms with E-state index in [0.717, 1.165) is 17.0 Å². The molecular weight excluding hydrogens is 280 g/mol. The zero-order valence-corrected chi connectivity index (χ0v) is 13.8. The van der Waals surface area contributed by atoms with E-state index in [1.165, 1.54) is 57.4 Å². The highest BCUT2D eigenvalue weighted by Crippen LogP contribution is 2.37. The van der Waals surface area contributed by atoms with Crippen LogP contribution in [0.1, 0.15) is 44.1 Å². The summed E-state index contributed by atoms with van der Waals surface area (Å²) in [4.78, 5) is 2.56. The van der Waals surface area contributed by atoms with Gasteiger partial charge >= 0.3 is 0 Å². The second kappa shape index (κ2) is 7.13. The van der Waals surface area contributed by atoms with E-state index in [2.05, 4.69) is 35.3 Å². The zero-order valence-electron chi connectivity index (χ0n) is 13.0. The number of piperidine rings is 1. The van der Waals surface area contributed by atoms with Crippen LogP contribution >= 0.6 is 11.6 Å². The summed E-state index contributed by atoms with van der Waals surface area (Å²) in [5.74, 6) is 1.60. The fourth-order valence-electron chi connectivity index (χ4n) is 3.66. The highest BCUT2D eigenvalue weighted by Gasteiger charge is 2.30. The Morgan fingerprint density at radius 3 is 2.67 bits per heavy atom. The number of rotatable bonds is 5. The van der Waals surface area contributed by atoms with Gasteiger partial charge in [0.1, 0.15) is 0 Å². The van der Waals surface area contributed by atoms with Crippen molar-refractivity contribution >= 4 is 11.6 Å². The fourth-order valence-corrected chi connectivity index (χ4v) is 3.86. The molecule has 1 saturated carbocycles. The maximum Gasteiger partial charge on any atom is 0.0408 e. The molecule has 1 aliphatic carbocycles. The van der Waals surface area contributed by atoms with Crippen molar-refractivity contribution in [3.63, 3.8) is 0 Å². The number of nitrogens with one attached hydrogen (secondary N) is 1. The average molecular weight is 307 g/mol. The van der Waals surface area contributed by atoms with Crippen LogP contribution in [-0.4, -0.2) is 37.1 Å². The van der Waals surface area contributed by atoms with Gasteiger partial charge in [-0.1, -0.05) is 30.7 Å². The lowest BCUT2D eigenvalue weighted by Gasteiger charge is -2.38. The SMILES string of the molecule is CCN1CCC(CNC2CC(c3cccc(Cl)c3)C2)CC1. The van der Waals surface area contributed by atoms with Crippen molar-refractivity contribution < 1.29 is 0 Å². The molecule has 1 aliphatic heterocycles. The molecule has 2 fully saturated rings. The Balaban J connectivity index is 1.36. The molecule has 3 rings (SSSR count). The van der Waals surface area contributed by atoms with Crippen molar-refractivity contribution in [1.29, 1.82) is 0 Å². The first-order valence-electron chi connectivity index (χ1n) is 8.45. The minimum Gasteiger partial charge on any atom is -0.314 e. The third kappa shape index (κ3) is 4.00. The van der Waals surface area contributed by atoms with Gasteiger partial charge in [0.05, 0.1) is 0 Å². The molecule has 1 aromatic rings. The zero-order chi connectivity index (χ0) is 14.7. The molecule has 0 aromatic heterocycles. The molecule has 1 saturated heterocycles. The molecule has 0 radical (unpaired) electrons. The van der Waals surface area contributed by atoms with Crippen molar-refractivity contribution in [1.82, 2.24) is 10.2 Å². The Hall–Kier alpha value is -0.570. The summed E-state index contributed by atoms with van der Waals surface area (Å²) in [7, 11) is 0. The predicted octanol–water partition coefficient (Wildman–Crippen LogP) is 3.91. The van der Waals surface area contributed by atoms with Crippen LogP contribution in [0.3, 0.4) is 0 Å². The first-order chi connectivity index (χ1) is 10.2. The molecule has 0 unspecified atom stereocenters. The number of benzene rings is 1. The minimum atomic E-state index is 0.711. The molecule has 1 N–H and O–H groups in total. The smallest absolute Gasteiger partial charge is 0.0408 e. The third-order valence-electron chi connectivity index (χ3n) is 5.31. The summed E-state index contributed by atoms with van der Waals surface area (Å²) in [5.41, 5.74) is 1.41. The molecule has 116 valence electrons. The van der Waals surface area contributed by atoms with E-state index in [0.29, 0.717) is 5.92 Å². The Kier molecular flexibility index (Phi) is 5.20. The number of nitrogens with zero attached hydrogens (tertiary/aromatic N) is 1. The molecule has 2 nitrogen and oxygen atoms in total. The van der Waals surface area contributed by atoms with E-state index >= 15 is 0 Å². The van der Waals surface area contributed by atoms with Gasteiger partial charge in [-0.25, -0.2) is 0 Å². The topological polar surface area (TPSA) is 15.3 Å². The molecule has 1 aromatic carbocycles. The Labute approximate surface area is 133 Å². The summed E-state index contributed by atoms with van der Waals surface area (Å²) < 4.78 is 0. The summed E-state index contributed by atoms with van der Waals surface area (Å²) >= 11 is 6.07. The average Bonchev–Trinajstić information content (AvgIpc) is 2.46. The van der Waals surface area contributed by atoms with E-state index in [4.69, 9.17) is 11.6 Å². The van der Waals surface area contributed by atoms with E-state index < -0.39 is 0 Å². The molecule has 2 aliphatic rings.